The zero-order chi connectivity index (χ0) is 12.3. The molecule has 2 rings (SSSR count). The van der Waals surface area contributed by atoms with E-state index < -0.39 is 0 Å². The van der Waals surface area contributed by atoms with Crippen LogP contribution in [0.25, 0.3) is 0 Å². The first-order chi connectivity index (χ1) is 8.15. The van der Waals surface area contributed by atoms with Gasteiger partial charge in [-0.05, 0) is 24.1 Å². The second-order valence-corrected chi connectivity index (χ2v) is 5.65. The molecule has 17 heavy (non-hydrogen) atoms. The number of nitrogens with two attached hydrogens (primary N) is 1. The Balaban J connectivity index is 2.00. The smallest absolute Gasteiger partial charge is 0.0940 e. The number of hydrogen-bond donors (Lipinski definition) is 1. The van der Waals surface area contributed by atoms with Crippen LogP contribution in [-0.4, -0.2) is 11.0 Å². The van der Waals surface area contributed by atoms with Gasteiger partial charge in [0.15, 0.2) is 0 Å². The van der Waals surface area contributed by atoms with Gasteiger partial charge in [0.2, 0.25) is 0 Å². The minimum Gasteiger partial charge on any atom is -0.327 e. The SMILES string of the molecule is NC(Cc1nccs1)Cc1ccc(Cl)cc1Cl. The predicted octanol–water partition coefficient (Wildman–Crippen LogP) is 3.56. The van der Waals surface area contributed by atoms with Crippen molar-refractivity contribution in [2.24, 2.45) is 5.73 Å². The molecule has 1 heterocycles. The molecule has 1 aromatic carbocycles. The van der Waals surface area contributed by atoms with E-state index in [1.165, 1.54) is 0 Å². The summed E-state index contributed by atoms with van der Waals surface area (Å²) in [6.45, 7) is 0. The van der Waals surface area contributed by atoms with Crippen LogP contribution >= 0.6 is 34.5 Å². The fourth-order valence-corrected chi connectivity index (χ4v) is 2.82. The fourth-order valence-electron chi connectivity index (χ4n) is 1.62. The molecule has 0 aliphatic rings. The van der Waals surface area contributed by atoms with Crippen LogP contribution in [0.1, 0.15) is 10.6 Å². The molecule has 0 radical (unpaired) electrons. The average molecular weight is 287 g/mol. The Kier molecular flexibility index (Phi) is 4.40. The van der Waals surface area contributed by atoms with Gasteiger partial charge in [-0.15, -0.1) is 11.3 Å². The normalized spacial score (nSPS) is 12.6. The summed E-state index contributed by atoms with van der Waals surface area (Å²) >= 11 is 13.6. The molecular formula is C12H12Cl2N2S. The maximum absolute atomic E-state index is 6.10. The Bertz CT molecular complexity index is 485. The van der Waals surface area contributed by atoms with Gasteiger partial charge < -0.3 is 5.73 Å². The van der Waals surface area contributed by atoms with E-state index in [2.05, 4.69) is 4.98 Å². The lowest BCUT2D eigenvalue weighted by atomic mass is 10.0. The van der Waals surface area contributed by atoms with Crippen LogP contribution in [0.2, 0.25) is 10.0 Å². The summed E-state index contributed by atoms with van der Waals surface area (Å²) in [7, 11) is 0. The molecule has 0 bridgehead atoms. The van der Waals surface area contributed by atoms with Crippen molar-refractivity contribution < 1.29 is 0 Å². The van der Waals surface area contributed by atoms with Gasteiger partial charge in [-0.25, -0.2) is 4.98 Å². The molecule has 0 fully saturated rings. The molecule has 2 aromatic rings. The second-order valence-electron chi connectivity index (χ2n) is 3.83. The molecule has 0 spiro atoms. The number of nitrogens with zero attached hydrogens (tertiary/aromatic N) is 1. The van der Waals surface area contributed by atoms with Gasteiger partial charge in [0.05, 0.1) is 5.01 Å². The highest BCUT2D eigenvalue weighted by atomic mass is 35.5. The summed E-state index contributed by atoms with van der Waals surface area (Å²) < 4.78 is 0. The van der Waals surface area contributed by atoms with Crippen molar-refractivity contribution in [1.29, 1.82) is 0 Å². The third kappa shape index (κ3) is 3.68. The maximum atomic E-state index is 6.10. The van der Waals surface area contributed by atoms with Crippen molar-refractivity contribution in [2.45, 2.75) is 18.9 Å². The Morgan fingerprint density at radius 2 is 2.12 bits per heavy atom. The van der Waals surface area contributed by atoms with Crippen LogP contribution in [-0.2, 0) is 12.8 Å². The Morgan fingerprint density at radius 1 is 1.29 bits per heavy atom. The number of benzene rings is 1. The largest absolute Gasteiger partial charge is 0.327 e. The van der Waals surface area contributed by atoms with Crippen LogP contribution < -0.4 is 5.73 Å². The summed E-state index contributed by atoms with van der Waals surface area (Å²) in [6, 6.07) is 5.53. The van der Waals surface area contributed by atoms with Crippen LogP contribution in [0.3, 0.4) is 0 Å². The summed E-state index contributed by atoms with van der Waals surface area (Å²) in [5.41, 5.74) is 7.11. The molecule has 2 N–H and O–H groups in total. The fraction of sp³-hybridized carbons (Fsp3) is 0.250. The summed E-state index contributed by atoms with van der Waals surface area (Å²) in [4.78, 5) is 4.22. The average Bonchev–Trinajstić information content (AvgIpc) is 2.75. The molecule has 0 aliphatic carbocycles. The highest BCUT2D eigenvalue weighted by molar-refractivity contribution is 7.09. The van der Waals surface area contributed by atoms with Gasteiger partial charge in [0.1, 0.15) is 0 Å². The lowest BCUT2D eigenvalue weighted by molar-refractivity contribution is 0.662. The van der Waals surface area contributed by atoms with Gasteiger partial charge in [0, 0.05) is 34.1 Å². The molecular weight excluding hydrogens is 275 g/mol. The molecule has 2 nitrogen and oxygen atoms in total. The highest BCUT2D eigenvalue weighted by Gasteiger charge is 2.09. The zero-order valence-corrected chi connectivity index (χ0v) is 11.4. The van der Waals surface area contributed by atoms with Crippen molar-refractivity contribution in [3.63, 3.8) is 0 Å². The standard InChI is InChI=1S/C12H12Cl2N2S/c13-9-2-1-8(11(14)6-9)5-10(15)7-12-16-3-4-17-12/h1-4,6,10H,5,7,15H2. The number of aromatic nitrogens is 1. The summed E-state index contributed by atoms with van der Waals surface area (Å²) in [6.07, 6.45) is 3.30. The maximum Gasteiger partial charge on any atom is 0.0940 e. The van der Waals surface area contributed by atoms with E-state index in [4.69, 9.17) is 28.9 Å². The van der Waals surface area contributed by atoms with E-state index in [-0.39, 0.29) is 6.04 Å². The van der Waals surface area contributed by atoms with Gasteiger partial charge in [-0.3, -0.25) is 0 Å². The van der Waals surface area contributed by atoms with Gasteiger partial charge in [-0.1, -0.05) is 29.3 Å². The van der Waals surface area contributed by atoms with Crippen molar-refractivity contribution in [3.8, 4) is 0 Å². The number of rotatable bonds is 4. The van der Waals surface area contributed by atoms with E-state index in [1.807, 2.05) is 17.5 Å². The van der Waals surface area contributed by atoms with Crippen molar-refractivity contribution in [1.82, 2.24) is 4.98 Å². The highest BCUT2D eigenvalue weighted by Crippen LogP contribution is 2.22. The van der Waals surface area contributed by atoms with Crippen LogP contribution in [0.15, 0.2) is 29.8 Å². The van der Waals surface area contributed by atoms with Crippen molar-refractivity contribution >= 4 is 34.5 Å². The zero-order valence-electron chi connectivity index (χ0n) is 9.07. The van der Waals surface area contributed by atoms with E-state index >= 15 is 0 Å². The molecule has 1 unspecified atom stereocenters. The first-order valence-corrected chi connectivity index (χ1v) is 6.86. The molecule has 0 amide bonds. The molecule has 0 saturated heterocycles. The third-order valence-corrected chi connectivity index (χ3v) is 3.81. The van der Waals surface area contributed by atoms with Gasteiger partial charge in [0.25, 0.3) is 0 Å². The van der Waals surface area contributed by atoms with Crippen LogP contribution in [0.5, 0.6) is 0 Å². The first-order valence-electron chi connectivity index (χ1n) is 5.23. The molecule has 0 aliphatic heterocycles. The summed E-state index contributed by atoms with van der Waals surface area (Å²) in [5.74, 6) is 0. The predicted molar refractivity (Wildman–Crippen MR) is 74.0 cm³/mol. The number of hydrogen-bond acceptors (Lipinski definition) is 3. The molecule has 5 heteroatoms. The summed E-state index contributed by atoms with van der Waals surface area (Å²) in [5, 5.41) is 4.33. The van der Waals surface area contributed by atoms with Gasteiger partial charge >= 0.3 is 0 Å². The topological polar surface area (TPSA) is 38.9 Å². The molecule has 90 valence electrons. The second kappa shape index (κ2) is 5.83. The molecule has 1 atom stereocenters. The van der Waals surface area contributed by atoms with Crippen LogP contribution in [0, 0.1) is 0 Å². The van der Waals surface area contributed by atoms with Crippen molar-refractivity contribution in [2.75, 3.05) is 0 Å². The Morgan fingerprint density at radius 3 is 2.76 bits per heavy atom. The lowest BCUT2D eigenvalue weighted by Gasteiger charge is -2.11. The van der Waals surface area contributed by atoms with Crippen LogP contribution in [0.4, 0.5) is 0 Å². The Hall–Kier alpha value is -0.610. The molecule has 1 aromatic heterocycles. The Labute approximate surface area is 114 Å². The number of thiazole rings is 1. The monoisotopic (exact) mass is 286 g/mol. The van der Waals surface area contributed by atoms with Crippen molar-refractivity contribution in [3.05, 3.63) is 50.4 Å². The first kappa shape index (κ1) is 12.8. The van der Waals surface area contributed by atoms with E-state index in [9.17, 15) is 0 Å². The van der Waals surface area contributed by atoms with E-state index in [1.54, 1.807) is 23.6 Å². The number of halogens is 2. The minimum atomic E-state index is 0.0276. The third-order valence-electron chi connectivity index (χ3n) is 2.42. The van der Waals surface area contributed by atoms with Gasteiger partial charge in [-0.2, -0.15) is 0 Å². The quantitative estimate of drug-likeness (QED) is 0.933. The van der Waals surface area contributed by atoms with E-state index in [0.717, 1.165) is 23.4 Å². The lowest BCUT2D eigenvalue weighted by Crippen LogP contribution is -2.25. The minimum absolute atomic E-state index is 0.0276. The van der Waals surface area contributed by atoms with E-state index in [0.29, 0.717) is 10.0 Å². The molecule has 0 saturated carbocycles.